The number of nitrogens with zero attached hydrogens (tertiary/aromatic N) is 1. The van der Waals surface area contributed by atoms with Crippen LogP contribution < -0.4 is 10.6 Å². The molecule has 2 unspecified atom stereocenters. The minimum absolute atomic E-state index is 0.0726. The van der Waals surface area contributed by atoms with Gasteiger partial charge < -0.3 is 15.5 Å². The molecule has 2 N–H and O–H groups in total. The van der Waals surface area contributed by atoms with Crippen LogP contribution in [0.3, 0.4) is 0 Å². The molecule has 1 aromatic carbocycles. The van der Waals surface area contributed by atoms with E-state index in [1.165, 1.54) is 12.8 Å². The van der Waals surface area contributed by atoms with Crippen LogP contribution in [0.15, 0.2) is 18.2 Å². The third kappa shape index (κ3) is 4.32. The first-order chi connectivity index (χ1) is 13.1. The molecule has 0 aliphatic carbocycles. The number of carbonyl (C=O) groups excluding carboxylic acids is 2. The van der Waals surface area contributed by atoms with Gasteiger partial charge in [-0.25, -0.2) is 0 Å². The highest BCUT2D eigenvalue weighted by atomic mass is 32.2. The average molecular weight is 388 g/mol. The van der Waals surface area contributed by atoms with Gasteiger partial charge in [0.15, 0.2) is 0 Å². The number of benzene rings is 1. The molecular formula is C21H29N3O2S. The Balaban J connectivity index is 1.40. The zero-order chi connectivity index (χ0) is 18.8. The molecule has 3 fully saturated rings. The zero-order valence-electron chi connectivity index (χ0n) is 16.0. The molecule has 3 saturated heterocycles. The van der Waals surface area contributed by atoms with Crippen LogP contribution in [0.25, 0.3) is 0 Å². The fourth-order valence-electron chi connectivity index (χ4n) is 4.74. The van der Waals surface area contributed by atoms with Crippen molar-refractivity contribution in [2.75, 3.05) is 29.9 Å². The number of carbonyl (C=O) groups is 2. The van der Waals surface area contributed by atoms with Gasteiger partial charge in [-0.15, -0.1) is 0 Å². The van der Waals surface area contributed by atoms with Crippen molar-refractivity contribution in [2.45, 2.75) is 51.1 Å². The second-order valence-electron chi connectivity index (χ2n) is 8.11. The topological polar surface area (TPSA) is 61.4 Å². The van der Waals surface area contributed by atoms with Crippen LogP contribution in [0.5, 0.6) is 0 Å². The van der Waals surface area contributed by atoms with Gasteiger partial charge in [0.25, 0.3) is 5.91 Å². The lowest BCUT2D eigenvalue weighted by atomic mass is 9.89. The zero-order valence-corrected chi connectivity index (χ0v) is 16.8. The van der Waals surface area contributed by atoms with Crippen LogP contribution in [-0.4, -0.2) is 53.4 Å². The van der Waals surface area contributed by atoms with Gasteiger partial charge in [-0.3, -0.25) is 9.59 Å². The largest absolute Gasteiger partial charge is 0.337 e. The van der Waals surface area contributed by atoms with Crippen molar-refractivity contribution >= 4 is 29.3 Å². The van der Waals surface area contributed by atoms with E-state index in [9.17, 15) is 9.59 Å². The summed E-state index contributed by atoms with van der Waals surface area (Å²) in [4.78, 5) is 27.4. The van der Waals surface area contributed by atoms with Crippen molar-refractivity contribution in [3.8, 4) is 0 Å². The van der Waals surface area contributed by atoms with E-state index < -0.39 is 0 Å². The quantitative estimate of drug-likeness (QED) is 0.834. The van der Waals surface area contributed by atoms with Crippen molar-refractivity contribution in [2.24, 2.45) is 5.92 Å². The molecule has 146 valence electrons. The Morgan fingerprint density at radius 3 is 2.59 bits per heavy atom. The first-order valence-corrected chi connectivity index (χ1v) is 11.3. The third-order valence-corrected chi connectivity index (χ3v) is 7.12. The highest BCUT2D eigenvalue weighted by Crippen LogP contribution is 2.33. The Labute approximate surface area is 165 Å². The van der Waals surface area contributed by atoms with Crippen molar-refractivity contribution in [1.82, 2.24) is 10.2 Å². The number of hydrogen-bond acceptors (Lipinski definition) is 4. The lowest BCUT2D eigenvalue weighted by molar-refractivity contribution is -0.117. The second-order valence-corrected chi connectivity index (χ2v) is 9.34. The molecule has 2 atom stereocenters. The van der Waals surface area contributed by atoms with E-state index in [0.29, 0.717) is 30.0 Å². The molecular weight excluding hydrogens is 358 g/mol. The monoisotopic (exact) mass is 387 g/mol. The molecule has 6 heteroatoms. The Kier molecular flexibility index (Phi) is 5.74. The maximum absolute atomic E-state index is 12.9. The van der Waals surface area contributed by atoms with Gasteiger partial charge in [-0.2, -0.15) is 11.8 Å². The first-order valence-electron chi connectivity index (χ1n) is 10.1. The predicted octanol–water partition coefficient (Wildman–Crippen LogP) is 3.04. The van der Waals surface area contributed by atoms with Crippen LogP contribution in [-0.2, 0) is 4.79 Å². The van der Waals surface area contributed by atoms with E-state index in [2.05, 4.69) is 10.6 Å². The van der Waals surface area contributed by atoms with Gasteiger partial charge in [-0.1, -0.05) is 6.07 Å². The number of thioether (sulfide) groups is 1. The summed E-state index contributed by atoms with van der Waals surface area (Å²) in [5, 5.41) is 6.70. The van der Waals surface area contributed by atoms with E-state index in [0.717, 1.165) is 48.7 Å². The van der Waals surface area contributed by atoms with E-state index in [4.69, 9.17) is 0 Å². The lowest BCUT2D eigenvalue weighted by Gasteiger charge is -2.29. The first kappa shape index (κ1) is 18.8. The van der Waals surface area contributed by atoms with Crippen molar-refractivity contribution in [3.63, 3.8) is 0 Å². The second kappa shape index (κ2) is 8.23. The molecule has 2 bridgehead atoms. The summed E-state index contributed by atoms with van der Waals surface area (Å²) in [6, 6.07) is 6.86. The van der Waals surface area contributed by atoms with Crippen molar-refractivity contribution < 1.29 is 9.59 Å². The van der Waals surface area contributed by atoms with Gasteiger partial charge in [-0.05, 0) is 56.2 Å². The number of piperidine rings is 1. The fraction of sp³-hybridized carbons (Fsp3) is 0.619. The molecule has 3 aliphatic rings. The summed E-state index contributed by atoms with van der Waals surface area (Å²) >= 11 is 1.89. The molecule has 3 heterocycles. The molecule has 5 nitrogen and oxygen atoms in total. The van der Waals surface area contributed by atoms with Crippen LogP contribution in [0.1, 0.15) is 48.0 Å². The fourth-order valence-corrected chi connectivity index (χ4v) is 5.65. The van der Waals surface area contributed by atoms with Crippen LogP contribution in [0.2, 0.25) is 0 Å². The number of amides is 2. The number of nitrogens with one attached hydrogen (secondary N) is 2. The number of hydrogen-bond donors (Lipinski definition) is 2. The smallest absolute Gasteiger partial charge is 0.254 e. The highest BCUT2D eigenvalue weighted by Gasteiger charge is 2.34. The highest BCUT2D eigenvalue weighted by molar-refractivity contribution is 7.99. The Morgan fingerprint density at radius 1 is 1.19 bits per heavy atom. The van der Waals surface area contributed by atoms with Crippen LogP contribution in [0, 0.1) is 12.8 Å². The summed E-state index contributed by atoms with van der Waals surface area (Å²) in [7, 11) is 0. The van der Waals surface area contributed by atoms with Gasteiger partial charge in [0.2, 0.25) is 5.91 Å². The minimum Gasteiger partial charge on any atom is -0.337 e. The Morgan fingerprint density at radius 2 is 1.89 bits per heavy atom. The normalized spacial score (nSPS) is 27.4. The van der Waals surface area contributed by atoms with Gasteiger partial charge in [0, 0.05) is 54.4 Å². The summed E-state index contributed by atoms with van der Waals surface area (Å²) in [5.41, 5.74) is 2.35. The number of anilines is 1. The molecule has 0 spiro atoms. The molecule has 1 aromatic rings. The molecule has 0 saturated carbocycles. The molecule has 0 radical (unpaired) electrons. The SMILES string of the molecule is Cc1c(NC(=O)CC2CC3CCC(C2)N3)cccc1C(=O)N1CCSCC1. The summed E-state index contributed by atoms with van der Waals surface area (Å²) in [5.74, 6) is 2.63. The standard InChI is InChI=1S/C21H29N3O2S/c1-14-18(21(26)24-7-9-27-10-8-24)3-2-4-19(14)23-20(25)13-15-11-16-5-6-17(12-15)22-16/h2-4,15-17,22H,5-13H2,1H3,(H,23,25). The maximum atomic E-state index is 12.9. The molecule has 0 aromatic heterocycles. The van der Waals surface area contributed by atoms with E-state index in [1.54, 1.807) is 0 Å². The number of rotatable bonds is 4. The van der Waals surface area contributed by atoms with E-state index >= 15 is 0 Å². The predicted molar refractivity (Wildman–Crippen MR) is 110 cm³/mol. The van der Waals surface area contributed by atoms with Crippen molar-refractivity contribution in [1.29, 1.82) is 0 Å². The van der Waals surface area contributed by atoms with Crippen LogP contribution >= 0.6 is 11.8 Å². The minimum atomic E-state index is 0.0726. The van der Waals surface area contributed by atoms with Crippen molar-refractivity contribution in [3.05, 3.63) is 29.3 Å². The van der Waals surface area contributed by atoms with Crippen LogP contribution in [0.4, 0.5) is 5.69 Å². The summed E-state index contributed by atoms with van der Waals surface area (Å²) in [6.07, 6.45) is 5.29. The number of fused-ring (bicyclic) bond motifs is 2. The average Bonchev–Trinajstić information content (AvgIpc) is 3.02. The van der Waals surface area contributed by atoms with Gasteiger partial charge in [0.05, 0.1) is 0 Å². The maximum Gasteiger partial charge on any atom is 0.254 e. The Hall–Kier alpha value is -1.53. The van der Waals surface area contributed by atoms with Gasteiger partial charge in [0.1, 0.15) is 0 Å². The summed E-state index contributed by atoms with van der Waals surface area (Å²) < 4.78 is 0. The molecule has 3 aliphatic heterocycles. The van der Waals surface area contributed by atoms with E-state index in [-0.39, 0.29) is 11.8 Å². The lowest BCUT2D eigenvalue weighted by Crippen LogP contribution is -2.39. The summed E-state index contributed by atoms with van der Waals surface area (Å²) in [6.45, 7) is 3.54. The Bertz CT molecular complexity index is 705. The third-order valence-electron chi connectivity index (χ3n) is 6.18. The molecule has 27 heavy (non-hydrogen) atoms. The van der Waals surface area contributed by atoms with E-state index in [1.807, 2.05) is 41.8 Å². The van der Waals surface area contributed by atoms with Gasteiger partial charge >= 0.3 is 0 Å². The molecule has 4 rings (SSSR count). The molecule has 2 amide bonds.